The summed E-state index contributed by atoms with van der Waals surface area (Å²) >= 11 is 0. The number of rotatable bonds is 4. The standard InChI is InChI=1S/C13H22N2O3/c1-3-10(13(17)18)15(2)12(16)11-9-6-4-5-8(9)7-14-11/h8-11,14H,3-7H2,1-2H3,(H,17,18). The van der Waals surface area contributed by atoms with E-state index in [4.69, 9.17) is 5.11 Å². The van der Waals surface area contributed by atoms with Crippen LogP contribution in [0, 0.1) is 11.8 Å². The van der Waals surface area contributed by atoms with Gasteiger partial charge in [0.15, 0.2) is 0 Å². The van der Waals surface area contributed by atoms with Gasteiger partial charge in [-0.05, 0) is 37.6 Å². The minimum absolute atomic E-state index is 0.0568. The van der Waals surface area contributed by atoms with Crippen LogP contribution in [0.25, 0.3) is 0 Å². The SMILES string of the molecule is CCC(C(=O)O)N(C)C(=O)C1NCC2CCCC21. The summed E-state index contributed by atoms with van der Waals surface area (Å²) in [5.74, 6) is 0.0384. The van der Waals surface area contributed by atoms with Crippen LogP contribution < -0.4 is 5.32 Å². The van der Waals surface area contributed by atoms with Crippen molar-refractivity contribution in [3.63, 3.8) is 0 Å². The molecule has 18 heavy (non-hydrogen) atoms. The van der Waals surface area contributed by atoms with Crippen molar-refractivity contribution in [2.75, 3.05) is 13.6 Å². The van der Waals surface area contributed by atoms with Gasteiger partial charge in [-0.25, -0.2) is 4.79 Å². The highest BCUT2D eigenvalue weighted by molar-refractivity contribution is 5.87. The molecule has 0 spiro atoms. The van der Waals surface area contributed by atoms with Crippen LogP contribution in [0.5, 0.6) is 0 Å². The fourth-order valence-electron chi connectivity index (χ4n) is 3.45. The predicted molar refractivity (Wildman–Crippen MR) is 67.1 cm³/mol. The van der Waals surface area contributed by atoms with Crippen LogP contribution in [0.15, 0.2) is 0 Å². The molecule has 1 saturated carbocycles. The molecule has 0 aromatic rings. The smallest absolute Gasteiger partial charge is 0.326 e. The largest absolute Gasteiger partial charge is 0.480 e. The molecule has 2 rings (SSSR count). The molecule has 4 atom stereocenters. The molecule has 1 aliphatic carbocycles. The normalized spacial score (nSPS) is 32.0. The molecule has 2 fully saturated rings. The lowest BCUT2D eigenvalue weighted by molar-refractivity contribution is -0.150. The Labute approximate surface area is 108 Å². The number of likely N-dealkylation sites (N-methyl/N-ethyl adjacent to an activating group) is 1. The number of nitrogens with one attached hydrogen (secondary N) is 1. The molecule has 0 bridgehead atoms. The summed E-state index contributed by atoms with van der Waals surface area (Å²) in [7, 11) is 1.61. The maximum absolute atomic E-state index is 12.4. The Balaban J connectivity index is 2.04. The number of carbonyl (C=O) groups is 2. The van der Waals surface area contributed by atoms with Gasteiger partial charge < -0.3 is 15.3 Å². The first-order valence-electron chi connectivity index (χ1n) is 6.79. The summed E-state index contributed by atoms with van der Waals surface area (Å²) < 4.78 is 0. The van der Waals surface area contributed by atoms with Gasteiger partial charge in [-0.1, -0.05) is 13.3 Å². The van der Waals surface area contributed by atoms with Gasteiger partial charge in [0, 0.05) is 7.05 Å². The van der Waals surface area contributed by atoms with Crippen LogP contribution in [0.2, 0.25) is 0 Å². The Morgan fingerprint density at radius 1 is 1.44 bits per heavy atom. The van der Waals surface area contributed by atoms with Crippen molar-refractivity contribution in [3.8, 4) is 0 Å². The molecule has 1 heterocycles. The van der Waals surface area contributed by atoms with Gasteiger partial charge in [0.2, 0.25) is 5.91 Å². The lowest BCUT2D eigenvalue weighted by Crippen LogP contribution is -2.50. The van der Waals surface area contributed by atoms with E-state index in [9.17, 15) is 9.59 Å². The van der Waals surface area contributed by atoms with E-state index >= 15 is 0 Å². The number of carboxylic acid groups (broad SMARTS) is 1. The summed E-state index contributed by atoms with van der Waals surface area (Å²) in [5.41, 5.74) is 0. The van der Waals surface area contributed by atoms with Crippen molar-refractivity contribution in [1.82, 2.24) is 10.2 Å². The van der Waals surface area contributed by atoms with Gasteiger partial charge in [0.05, 0.1) is 6.04 Å². The monoisotopic (exact) mass is 254 g/mol. The zero-order chi connectivity index (χ0) is 13.3. The average molecular weight is 254 g/mol. The number of carbonyl (C=O) groups excluding carboxylic acids is 1. The van der Waals surface area contributed by atoms with Crippen molar-refractivity contribution >= 4 is 11.9 Å². The van der Waals surface area contributed by atoms with Crippen LogP contribution in [0.1, 0.15) is 32.6 Å². The van der Waals surface area contributed by atoms with Crippen molar-refractivity contribution in [3.05, 3.63) is 0 Å². The van der Waals surface area contributed by atoms with Crippen molar-refractivity contribution in [2.45, 2.75) is 44.7 Å². The molecule has 0 aromatic heterocycles. The number of nitrogens with zero attached hydrogens (tertiary/aromatic N) is 1. The number of aliphatic carboxylic acids is 1. The minimum Gasteiger partial charge on any atom is -0.480 e. The van der Waals surface area contributed by atoms with Crippen molar-refractivity contribution < 1.29 is 14.7 Å². The number of carboxylic acids is 1. The quantitative estimate of drug-likeness (QED) is 0.774. The fraction of sp³-hybridized carbons (Fsp3) is 0.846. The van der Waals surface area contributed by atoms with Gasteiger partial charge in [0.25, 0.3) is 0 Å². The third-order valence-corrected chi connectivity index (χ3v) is 4.50. The Kier molecular flexibility index (Phi) is 3.90. The molecule has 0 aromatic carbocycles. The third kappa shape index (κ3) is 2.23. The third-order valence-electron chi connectivity index (χ3n) is 4.50. The average Bonchev–Trinajstić information content (AvgIpc) is 2.89. The van der Waals surface area contributed by atoms with E-state index in [1.54, 1.807) is 14.0 Å². The van der Waals surface area contributed by atoms with E-state index in [2.05, 4.69) is 5.32 Å². The van der Waals surface area contributed by atoms with E-state index in [0.29, 0.717) is 18.3 Å². The molecule has 2 aliphatic rings. The van der Waals surface area contributed by atoms with Crippen LogP contribution >= 0.6 is 0 Å². The Hall–Kier alpha value is -1.10. The van der Waals surface area contributed by atoms with E-state index in [0.717, 1.165) is 13.0 Å². The molecule has 5 nitrogen and oxygen atoms in total. The minimum atomic E-state index is -0.922. The topological polar surface area (TPSA) is 69.6 Å². The van der Waals surface area contributed by atoms with Crippen LogP contribution in [-0.4, -0.2) is 47.6 Å². The Morgan fingerprint density at radius 2 is 2.17 bits per heavy atom. The molecule has 5 heteroatoms. The molecule has 1 amide bonds. The zero-order valence-electron chi connectivity index (χ0n) is 11.1. The van der Waals surface area contributed by atoms with E-state index in [1.165, 1.54) is 17.7 Å². The highest BCUT2D eigenvalue weighted by Gasteiger charge is 2.44. The second kappa shape index (κ2) is 5.26. The maximum atomic E-state index is 12.4. The summed E-state index contributed by atoms with van der Waals surface area (Å²) in [5, 5.41) is 12.4. The first kappa shape index (κ1) is 13.3. The first-order chi connectivity index (χ1) is 8.56. The lowest BCUT2D eigenvalue weighted by atomic mass is 9.93. The summed E-state index contributed by atoms with van der Waals surface area (Å²) in [4.78, 5) is 24.9. The van der Waals surface area contributed by atoms with Crippen LogP contribution in [-0.2, 0) is 9.59 Å². The zero-order valence-corrected chi connectivity index (χ0v) is 11.1. The number of hydrogen-bond donors (Lipinski definition) is 2. The second-order valence-electron chi connectivity index (χ2n) is 5.45. The van der Waals surface area contributed by atoms with Gasteiger partial charge >= 0.3 is 5.97 Å². The summed E-state index contributed by atoms with van der Waals surface area (Å²) in [6.07, 6.45) is 3.92. The predicted octanol–water partition coefficient (Wildman–Crippen LogP) is 0.696. The van der Waals surface area contributed by atoms with E-state index in [-0.39, 0.29) is 11.9 Å². The molecule has 0 radical (unpaired) electrons. The van der Waals surface area contributed by atoms with Crippen molar-refractivity contribution in [2.24, 2.45) is 11.8 Å². The molecular weight excluding hydrogens is 232 g/mol. The fourth-order valence-corrected chi connectivity index (χ4v) is 3.45. The molecule has 1 aliphatic heterocycles. The molecule has 102 valence electrons. The number of amides is 1. The van der Waals surface area contributed by atoms with Crippen LogP contribution in [0.4, 0.5) is 0 Å². The molecular formula is C13H22N2O3. The van der Waals surface area contributed by atoms with Gasteiger partial charge in [-0.2, -0.15) is 0 Å². The molecule has 1 saturated heterocycles. The maximum Gasteiger partial charge on any atom is 0.326 e. The summed E-state index contributed by atoms with van der Waals surface area (Å²) in [6.45, 7) is 2.70. The number of fused-ring (bicyclic) bond motifs is 1. The van der Waals surface area contributed by atoms with Crippen LogP contribution in [0.3, 0.4) is 0 Å². The lowest BCUT2D eigenvalue weighted by Gasteiger charge is -2.28. The second-order valence-corrected chi connectivity index (χ2v) is 5.45. The van der Waals surface area contributed by atoms with Gasteiger partial charge in [-0.3, -0.25) is 4.79 Å². The van der Waals surface area contributed by atoms with Gasteiger partial charge in [-0.15, -0.1) is 0 Å². The highest BCUT2D eigenvalue weighted by atomic mass is 16.4. The van der Waals surface area contributed by atoms with Crippen molar-refractivity contribution in [1.29, 1.82) is 0 Å². The Morgan fingerprint density at radius 3 is 2.78 bits per heavy atom. The highest BCUT2D eigenvalue weighted by Crippen LogP contribution is 2.38. The Bertz CT molecular complexity index is 345. The summed E-state index contributed by atoms with van der Waals surface area (Å²) in [6, 6.07) is -0.879. The molecule has 4 unspecified atom stereocenters. The van der Waals surface area contributed by atoms with E-state index in [1.807, 2.05) is 0 Å². The first-order valence-corrected chi connectivity index (χ1v) is 6.79. The van der Waals surface area contributed by atoms with Gasteiger partial charge in [0.1, 0.15) is 6.04 Å². The molecule has 2 N–H and O–H groups in total. The van der Waals surface area contributed by atoms with E-state index < -0.39 is 12.0 Å². The number of hydrogen-bond acceptors (Lipinski definition) is 3.